The molecule has 1 N–H and O–H groups in total. The van der Waals surface area contributed by atoms with Gasteiger partial charge < -0.3 is 5.32 Å². The van der Waals surface area contributed by atoms with E-state index in [-0.39, 0.29) is 23.4 Å². The van der Waals surface area contributed by atoms with E-state index in [4.69, 9.17) is 11.6 Å². The van der Waals surface area contributed by atoms with Crippen LogP contribution in [0.3, 0.4) is 0 Å². The van der Waals surface area contributed by atoms with Gasteiger partial charge in [0.1, 0.15) is 6.54 Å². The zero-order valence-corrected chi connectivity index (χ0v) is 17.3. The van der Waals surface area contributed by atoms with Gasteiger partial charge in [-0.2, -0.15) is 0 Å². The van der Waals surface area contributed by atoms with Crippen molar-refractivity contribution in [2.45, 2.75) is 44.6 Å². The minimum absolute atomic E-state index is 0.0239. The SMILES string of the molecule is CCCC(C)NC(=O)CN(c1cc(Cl)ccc1C)S(=O)(=O)c1ccccc1. The molecule has 1 unspecified atom stereocenters. The smallest absolute Gasteiger partial charge is 0.264 e. The molecule has 2 aromatic carbocycles. The number of hydrogen-bond acceptors (Lipinski definition) is 3. The standard InChI is InChI=1S/C20H25ClN2O3S/c1-4-8-16(3)22-20(24)14-23(19-13-17(21)12-11-15(19)2)27(25,26)18-9-6-5-7-10-18/h5-7,9-13,16H,4,8,14H2,1-3H3,(H,22,24). The molecule has 0 radical (unpaired) electrons. The summed E-state index contributed by atoms with van der Waals surface area (Å²) in [6.07, 6.45) is 1.76. The largest absolute Gasteiger partial charge is 0.352 e. The molecule has 0 aromatic heterocycles. The van der Waals surface area contributed by atoms with Crippen LogP contribution >= 0.6 is 11.6 Å². The minimum Gasteiger partial charge on any atom is -0.352 e. The number of nitrogens with zero attached hydrogens (tertiary/aromatic N) is 1. The van der Waals surface area contributed by atoms with Crippen LogP contribution in [0.15, 0.2) is 53.4 Å². The summed E-state index contributed by atoms with van der Waals surface area (Å²) in [5.41, 5.74) is 1.11. The van der Waals surface area contributed by atoms with Crippen LogP contribution in [0.4, 0.5) is 5.69 Å². The highest BCUT2D eigenvalue weighted by atomic mass is 35.5. The second-order valence-electron chi connectivity index (χ2n) is 6.51. The number of nitrogens with one attached hydrogen (secondary N) is 1. The number of amides is 1. The summed E-state index contributed by atoms with van der Waals surface area (Å²) in [6.45, 7) is 5.41. The number of halogens is 1. The molecule has 1 amide bonds. The molecule has 0 aliphatic rings. The van der Waals surface area contributed by atoms with Gasteiger partial charge in [0.25, 0.3) is 10.0 Å². The maximum absolute atomic E-state index is 13.2. The molecule has 1 atom stereocenters. The lowest BCUT2D eigenvalue weighted by Crippen LogP contribution is -2.43. The van der Waals surface area contributed by atoms with Crippen LogP contribution in [-0.4, -0.2) is 26.9 Å². The Kier molecular flexibility index (Phi) is 7.27. The first-order chi connectivity index (χ1) is 12.8. The molecule has 0 aliphatic carbocycles. The fraction of sp³-hybridized carbons (Fsp3) is 0.350. The third kappa shape index (κ3) is 5.47. The molecule has 0 bridgehead atoms. The molecule has 0 saturated carbocycles. The monoisotopic (exact) mass is 408 g/mol. The lowest BCUT2D eigenvalue weighted by atomic mass is 10.2. The Bertz CT molecular complexity index is 885. The molecule has 27 heavy (non-hydrogen) atoms. The van der Waals surface area contributed by atoms with Gasteiger partial charge in [0, 0.05) is 11.1 Å². The van der Waals surface area contributed by atoms with Crippen molar-refractivity contribution in [3.8, 4) is 0 Å². The molecule has 2 rings (SSSR count). The average Bonchev–Trinajstić information content (AvgIpc) is 2.62. The number of carbonyl (C=O) groups is 1. The summed E-state index contributed by atoms with van der Waals surface area (Å²) in [5, 5.41) is 3.27. The maximum Gasteiger partial charge on any atom is 0.264 e. The van der Waals surface area contributed by atoms with Crippen molar-refractivity contribution in [2.75, 3.05) is 10.8 Å². The number of anilines is 1. The van der Waals surface area contributed by atoms with E-state index in [1.54, 1.807) is 43.3 Å². The fourth-order valence-corrected chi connectivity index (χ4v) is 4.49. The Balaban J connectivity index is 2.43. The normalized spacial score (nSPS) is 12.4. The molecule has 5 nitrogen and oxygen atoms in total. The van der Waals surface area contributed by atoms with Crippen LogP contribution in [0.5, 0.6) is 0 Å². The maximum atomic E-state index is 13.2. The van der Waals surface area contributed by atoms with E-state index in [9.17, 15) is 13.2 Å². The average molecular weight is 409 g/mol. The highest BCUT2D eigenvalue weighted by Crippen LogP contribution is 2.29. The van der Waals surface area contributed by atoms with E-state index in [1.807, 2.05) is 13.8 Å². The second kappa shape index (κ2) is 9.24. The molecular formula is C20H25ClN2O3S. The van der Waals surface area contributed by atoms with E-state index in [0.29, 0.717) is 16.3 Å². The molecule has 0 saturated heterocycles. The van der Waals surface area contributed by atoms with E-state index >= 15 is 0 Å². The molecule has 2 aromatic rings. The van der Waals surface area contributed by atoms with Gasteiger partial charge in [0.05, 0.1) is 10.6 Å². The minimum atomic E-state index is -3.92. The van der Waals surface area contributed by atoms with E-state index in [2.05, 4.69) is 5.32 Å². The first-order valence-electron chi connectivity index (χ1n) is 8.89. The number of benzene rings is 2. The zero-order valence-electron chi connectivity index (χ0n) is 15.8. The summed E-state index contributed by atoms with van der Waals surface area (Å²) in [7, 11) is -3.92. The highest BCUT2D eigenvalue weighted by molar-refractivity contribution is 7.92. The van der Waals surface area contributed by atoms with Gasteiger partial charge in [-0.15, -0.1) is 0 Å². The predicted molar refractivity (Wildman–Crippen MR) is 110 cm³/mol. The Labute approximate surface area is 166 Å². The van der Waals surface area contributed by atoms with Crippen LogP contribution in [-0.2, 0) is 14.8 Å². The van der Waals surface area contributed by atoms with Gasteiger partial charge >= 0.3 is 0 Å². The second-order valence-corrected chi connectivity index (χ2v) is 8.81. The van der Waals surface area contributed by atoms with Gasteiger partial charge in [-0.05, 0) is 50.1 Å². The van der Waals surface area contributed by atoms with Crippen molar-refractivity contribution < 1.29 is 13.2 Å². The number of aryl methyl sites for hydroxylation is 1. The zero-order chi connectivity index (χ0) is 20.0. The Morgan fingerprint density at radius 3 is 2.48 bits per heavy atom. The third-order valence-electron chi connectivity index (χ3n) is 4.19. The van der Waals surface area contributed by atoms with E-state index in [1.165, 1.54) is 12.1 Å². The van der Waals surface area contributed by atoms with Crippen LogP contribution < -0.4 is 9.62 Å². The number of sulfonamides is 1. The first kappa shape index (κ1) is 21.3. The van der Waals surface area contributed by atoms with E-state index in [0.717, 1.165) is 17.1 Å². The lowest BCUT2D eigenvalue weighted by molar-refractivity contribution is -0.120. The molecule has 0 spiro atoms. The molecule has 0 fully saturated rings. The summed E-state index contributed by atoms with van der Waals surface area (Å²) in [4.78, 5) is 12.7. The number of carbonyl (C=O) groups excluding carboxylic acids is 1. The summed E-state index contributed by atoms with van der Waals surface area (Å²) in [6, 6.07) is 13.1. The van der Waals surface area contributed by atoms with Gasteiger partial charge in [-0.25, -0.2) is 8.42 Å². The van der Waals surface area contributed by atoms with Crippen LogP contribution in [0.1, 0.15) is 32.3 Å². The molecule has 146 valence electrons. The first-order valence-corrected chi connectivity index (χ1v) is 10.7. The van der Waals surface area contributed by atoms with Crippen LogP contribution in [0.25, 0.3) is 0 Å². The fourth-order valence-electron chi connectivity index (χ4n) is 2.83. The molecule has 0 heterocycles. The molecular weight excluding hydrogens is 384 g/mol. The molecule has 7 heteroatoms. The lowest BCUT2D eigenvalue weighted by Gasteiger charge is -2.26. The highest BCUT2D eigenvalue weighted by Gasteiger charge is 2.28. The molecule has 0 aliphatic heterocycles. The van der Waals surface area contributed by atoms with Crippen molar-refractivity contribution in [1.82, 2.24) is 5.32 Å². The Morgan fingerprint density at radius 1 is 1.19 bits per heavy atom. The summed E-state index contributed by atoms with van der Waals surface area (Å²) < 4.78 is 27.6. The van der Waals surface area contributed by atoms with Gasteiger partial charge in [-0.3, -0.25) is 9.10 Å². The topological polar surface area (TPSA) is 66.5 Å². The van der Waals surface area contributed by atoms with Gasteiger partial charge in [0.15, 0.2) is 0 Å². The Hall–Kier alpha value is -2.05. The quantitative estimate of drug-likeness (QED) is 0.713. The third-order valence-corrected chi connectivity index (χ3v) is 6.20. The summed E-state index contributed by atoms with van der Waals surface area (Å²) >= 11 is 6.10. The number of hydrogen-bond donors (Lipinski definition) is 1. The van der Waals surface area contributed by atoms with Crippen molar-refractivity contribution in [3.05, 3.63) is 59.1 Å². The Morgan fingerprint density at radius 2 is 1.85 bits per heavy atom. The van der Waals surface area contributed by atoms with Crippen molar-refractivity contribution in [2.24, 2.45) is 0 Å². The van der Waals surface area contributed by atoms with Crippen molar-refractivity contribution in [3.63, 3.8) is 0 Å². The van der Waals surface area contributed by atoms with Crippen molar-refractivity contribution >= 4 is 33.2 Å². The van der Waals surface area contributed by atoms with Gasteiger partial charge in [-0.1, -0.05) is 49.2 Å². The number of rotatable bonds is 8. The van der Waals surface area contributed by atoms with Crippen LogP contribution in [0.2, 0.25) is 5.02 Å². The van der Waals surface area contributed by atoms with Crippen molar-refractivity contribution in [1.29, 1.82) is 0 Å². The summed E-state index contributed by atoms with van der Waals surface area (Å²) in [5.74, 6) is -0.352. The van der Waals surface area contributed by atoms with Gasteiger partial charge in [0.2, 0.25) is 5.91 Å². The van der Waals surface area contributed by atoms with E-state index < -0.39 is 10.0 Å². The predicted octanol–water partition coefficient (Wildman–Crippen LogP) is 4.15. The van der Waals surface area contributed by atoms with Crippen LogP contribution in [0, 0.1) is 6.92 Å².